The van der Waals surface area contributed by atoms with E-state index < -0.39 is 0 Å². The summed E-state index contributed by atoms with van der Waals surface area (Å²) in [5, 5.41) is 0. The predicted octanol–water partition coefficient (Wildman–Crippen LogP) is 3.91. The number of H-pyrrole nitrogens is 1. The van der Waals surface area contributed by atoms with Gasteiger partial charge in [0.15, 0.2) is 5.58 Å². The minimum atomic E-state index is -0.293. The van der Waals surface area contributed by atoms with E-state index >= 15 is 0 Å². The lowest BCUT2D eigenvalue weighted by Gasteiger charge is -2.20. The third-order valence-corrected chi connectivity index (χ3v) is 5.13. The van der Waals surface area contributed by atoms with E-state index in [0.29, 0.717) is 17.1 Å². The molecule has 124 valence electrons. The maximum absolute atomic E-state index is 13.4. The topological polar surface area (TPSA) is 58.0 Å². The lowest BCUT2D eigenvalue weighted by Crippen LogP contribution is -2.23. The van der Waals surface area contributed by atoms with Crippen LogP contribution in [-0.2, 0) is 12.8 Å². The number of nitrogens with one attached hydrogen (secondary N) is 1. The van der Waals surface area contributed by atoms with Crippen LogP contribution in [0.5, 0.6) is 0 Å². The fraction of sp³-hybridized carbons (Fsp3) is 0.444. The number of oxazole rings is 1. The van der Waals surface area contributed by atoms with Gasteiger partial charge in [-0.15, -0.1) is 0 Å². The molecule has 5 nitrogen and oxygen atoms in total. The average molecular weight is 326 g/mol. The van der Waals surface area contributed by atoms with Crippen molar-refractivity contribution in [2.45, 2.75) is 44.6 Å². The summed E-state index contributed by atoms with van der Waals surface area (Å²) in [6.07, 6.45) is 6.72. The number of rotatable bonds is 2. The Hall–Kier alpha value is -2.37. The number of hydrogen-bond acceptors (Lipinski definition) is 4. The van der Waals surface area contributed by atoms with Crippen LogP contribution in [0.1, 0.15) is 48.9 Å². The standard InChI is InChI=1S/C18H19FN4O/c19-11-7-8-16-14(10-11)22-18(24-16)23-9-3-6-15(23)17-20-12-4-1-2-5-13(12)21-17/h7-8,10,15H,1-6,9H2,(H,20,21)/t15-/m1/s1. The number of fused-ring (bicyclic) bond motifs is 2. The number of hydrogen-bond donors (Lipinski definition) is 1. The van der Waals surface area contributed by atoms with Gasteiger partial charge in [-0.25, -0.2) is 9.37 Å². The second kappa shape index (κ2) is 5.33. The summed E-state index contributed by atoms with van der Waals surface area (Å²) in [5.41, 5.74) is 3.70. The van der Waals surface area contributed by atoms with Crippen LogP contribution in [0.2, 0.25) is 0 Å². The molecule has 2 aromatic heterocycles. The molecule has 5 rings (SSSR count). The number of anilines is 1. The first kappa shape index (κ1) is 14.0. The minimum absolute atomic E-state index is 0.161. The summed E-state index contributed by atoms with van der Waals surface area (Å²) in [5.74, 6) is 0.729. The third kappa shape index (κ3) is 2.20. The maximum Gasteiger partial charge on any atom is 0.299 e. The Labute approximate surface area is 138 Å². The van der Waals surface area contributed by atoms with E-state index in [-0.39, 0.29) is 11.9 Å². The summed E-state index contributed by atoms with van der Waals surface area (Å²) < 4.78 is 19.3. The lowest BCUT2D eigenvalue weighted by molar-refractivity contribution is 0.548. The van der Waals surface area contributed by atoms with Crippen molar-refractivity contribution in [3.05, 3.63) is 41.2 Å². The molecule has 24 heavy (non-hydrogen) atoms. The highest BCUT2D eigenvalue weighted by Crippen LogP contribution is 2.36. The quantitative estimate of drug-likeness (QED) is 0.776. The molecule has 3 heterocycles. The first-order chi connectivity index (χ1) is 11.8. The van der Waals surface area contributed by atoms with E-state index in [9.17, 15) is 4.39 Å². The minimum Gasteiger partial charge on any atom is -0.423 e. The zero-order valence-corrected chi connectivity index (χ0v) is 13.4. The van der Waals surface area contributed by atoms with E-state index in [4.69, 9.17) is 9.40 Å². The number of aromatic amines is 1. The van der Waals surface area contributed by atoms with Crippen molar-refractivity contribution < 1.29 is 8.81 Å². The summed E-state index contributed by atoms with van der Waals surface area (Å²) in [7, 11) is 0. The van der Waals surface area contributed by atoms with Gasteiger partial charge in [0, 0.05) is 18.3 Å². The number of aromatic nitrogens is 3. The summed E-state index contributed by atoms with van der Waals surface area (Å²) in [6, 6.07) is 5.18. The van der Waals surface area contributed by atoms with Gasteiger partial charge in [0.2, 0.25) is 0 Å². The Morgan fingerprint density at radius 1 is 1.17 bits per heavy atom. The van der Waals surface area contributed by atoms with Gasteiger partial charge in [-0.05, 0) is 50.7 Å². The van der Waals surface area contributed by atoms with Crippen molar-refractivity contribution in [1.29, 1.82) is 0 Å². The van der Waals surface area contributed by atoms with Crippen LogP contribution < -0.4 is 4.90 Å². The van der Waals surface area contributed by atoms with Crippen LogP contribution in [-0.4, -0.2) is 21.5 Å². The van der Waals surface area contributed by atoms with Crippen LogP contribution in [0.3, 0.4) is 0 Å². The fourth-order valence-corrected chi connectivity index (χ4v) is 3.92. The summed E-state index contributed by atoms with van der Waals surface area (Å²) in [4.78, 5) is 15.0. The molecule has 1 aliphatic heterocycles. The van der Waals surface area contributed by atoms with Gasteiger partial charge in [0.25, 0.3) is 6.01 Å². The molecule has 1 aromatic carbocycles. The molecule has 2 aliphatic rings. The van der Waals surface area contributed by atoms with E-state index in [1.807, 2.05) is 0 Å². The van der Waals surface area contributed by atoms with Crippen molar-refractivity contribution in [1.82, 2.24) is 15.0 Å². The molecule has 0 bridgehead atoms. The SMILES string of the molecule is Fc1ccc2oc(N3CCC[C@@H]3c3nc4c([nH]3)CCCC4)nc2c1. The summed E-state index contributed by atoms with van der Waals surface area (Å²) in [6.45, 7) is 0.880. The lowest BCUT2D eigenvalue weighted by atomic mass is 10.0. The van der Waals surface area contributed by atoms with Gasteiger partial charge >= 0.3 is 0 Å². The Bertz CT molecular complexity index is 876. The molecule has 1 saturated heterocycles. The van der Waals surface area contributed by atoms with E-state index in [1.165, 1.54) is 36.4 Å². The highest BCUT2D eigenvalue weighted by Gasteiger charge is 2.32. The molecule has 1 atom stereocenters. The molecular weight excluding hydrogens is 307 g/mol. The third-order valence-electron chi connectivity index (χ3n) is 5.13. The molecule has 1 aliphatic carbocycles. The second-order valence-electron chi connectivity index (χ2n) is 6.71. The molecule has 0 unspecified atom stereocenters. The number of aryl methyl sites for hydroxylation is 2. The van der Waals surface area contributed by atoms with Crippen LogP contribution in [0, 0.1) is 5.82 Å². The number of nitrogens with zero attached hydrogens (tertiary/aromatic N) is 3. The Kier molecular flexibility index (Phi) is 3.11. The van der Waals surface area contributed by atoms with E-state index in [0.717, 1.165) is 38.1 Å². The van der Waals surface area contributed by atoms with Crippen LogP contribution in [0.15, 0.2) is 22.6 Å². The van der Waals surface area contributed by atoms with E-state index in [2.05, 4.69) is 14.9 Å². The van der Waals surface area contributed by atoms with Crippen LogP contribution in [0.4, 0.5) is 10.4 Å². The van der Waals surface area contributed by atoms with Crippen LogP contribution >= 0.6 is 0 Å². The highest BCUT2D eigenvalue weighted by atomic mass is 19.1. The van der Waals surface area contributed by atoms with Crippen molar-refractivity contribution in [2.75, 3.05) is 11.4 Å². The van der Waals surface area contributed by atoms with Gasteiger partial charge in [0.05, 0.1) is 11.7 Å². The molecule has 0 radical (unpaired) electrons. The zero-order valence-electron chi connectivity index (χ0n) is 13.4. The smallest absolute Gasteiger partial charge is 0.299 e. The maximum atomic E-state index is 13.4. The van der Waals surface area contributed by atoms with Crippen molar-refractivity contribution >= 4 is 17.1 Å². The average Bonchev–Trinajstić information content (AvgIpc) is 3.30. The molecule has 0 saturated carbocycles. The number of benzene rings is 1. The Morgan fingerprint density at radius 2 is 2.08 bits per heavy atom. The van der Waals surface area contributed by atoms with Gasteiger partial charge in [-0.3, -0.25) is 0 Å². The van der Waals surface area contributed by atoms with Crippen LogP contribution in [0.25, 0.3) is 11.1 Å². The fourth-order valence-electron chi connectivity index (χ4n) is 3.92. The zero-order chi connectivity index (χ0) is 16.1. The summed E-state index contributed by atoms with van der Waals surface area (Å²) >= 11 is 0. The molecule has 1 fully saturated rings. The van der Waals surface area contributed by atoms with Crippen molar-refractivity contribution in [2.24, 2.45) is 0 Å². The molecule has 6 heteroatoms. The Balaban J connectivity index is 1.50. The predicted molar refractivity (Wildman–Crippen MR) is 88.5 cm³/mol. The molecular formula is C18H19FN4O. The monoisotopic (exact) mass is 326 g/mol. The number of halogens is 1. The van der Waals surface area contributed by atoms with E-state index in [1.54, 1.807) is 6.07 Å². The normalized spacial score (nSPS) is 20.7. The first-order valence-corrected chi connectivity index (χ1v) is 8.68. The molecule has 1 N–H and O–H groups in total. The van der Waals surface area contributed by atoms with Gasteiger partial charge in [-0.2, -0.15) is 4.98 Å². The molecule has 0 amide bonds. The number of imidazole rings is 1. The van der Waals surface area contributed by atoms with Gasteiger partial charge < -0.3 is 14.3 Å². The van der Waals surface area contributed by atoms with Crippen molar-refractivity contribution in [3.8, 4) is 0 Å². The van der Waals surface area contributed by atoms with Gasteiger partial charge in [0.1, 0.15) is 17.2 Å². The molecule has 0 spiro atoms. The molecule has 3 aromatic rings. The largest absolute Gasteiger partial charge is 0.423 e. The first-order valence-electron chi connectivity index (χ1n) is 8.68. The highest BCUT2D eigenvalue weighted by molar-refractivity contribution is 5.74. The second-order valence-corrected chi connectivity index (χ2v) is 6.71. The van der Waals surface area contributed by atoms with Gasteiger partial charge in [-0.1, -0.05) is 0 Å². The Morgan fingerprint density at radius 3 is 3.00 bits per heavy atom. The van der Waals surface area contributed by atoms with Crippen molar-refractivity contribution in [3.63, 3.8) is 0 Å².